The first-order valence-electron chi connectivity index (χ1n) is 3.46. The molecule has 16 heavy (non-hydrogen) atoms. The predicted molar refractivity (Wildman–Crippen MR) is 47.5 cm³/mol. The quantitative estimate of drug-likeness (QED) is 0.237. The average Bonchev–Trinajstić information content (AvgIpc) is 2.13. The number of nitro groups is 2. The summed E-state index contributed by atoms with van der Waals surface area (Å²) < 4.78 is -0.254. The minimum Gasteiger partial charge on any atom is -0.740 e. The molecular formula is C5H5N5O5Zn. The SMILES string of the molecule is Nc1c([N+](=O)[O-])cc([N+](=O)[O-])c(N)[n+]1[O-].[Zn]. The summed E-state index contributed by atoms with van der Waals surface area (Å²) in [7, 11) is 0. The molecule has 4 N–H and O–H groups in total. The number of hydrogen-bond donors (Lipinski definition) is 2. The van der Waals surface area contributed by atoms with Crippen LogP contribution in [0.3, 0.4) is 0 Å². The van der Waals surface area contributed by atoms with Crippen LogP contribution in [-0.4, -0.2) is 9.85 Å². The van der Waals surface area contributed by atoms with Crippen molar-refractivity contribution >= 4 is 23.0 Å². The van der Waals surface area contributed by atoms with Gasteiger partial charge in [-0.2, -0.15) is 0 Å². The van der Waals surface area contributed by atoms with Crippen LogP contribution in [0.2, 0.25) is 0 Å². The van der Waals surface area contributed by atoms with E-state index in [4.69, 9.17) is 11.5 Å². The van der Waals surface area contributed by atoms with Gasteiger partial charge in [-0.3, -0.25) is 20.2 Å². The van der Waals surface area contributed by atoms with Crippen molar-refractivity contribution in [3.8, 4) is 0 Å². The molecule has 10 nitrogen and oxygen atoms in total. The van der Waals surface area contributed by atoms with Crippen molar-refractivity contribution in [2.45, 2.75) is 0 Å². The molecule has 0 aliphatic heterocycles. The van der Waals surface area contributed by atoms with Crippen molar-refractivity contribution in [1.82, 2.24) is 0 Å². The largest absolute Gasteiger partial charge is 0.740 e. The third-order valence-electron chi connectivity index (χ3n) is 1.63. The molecule has 0 aliphatic carbocycles. The molecule has 0 bridgehead atoms. The van der Waals surface area contributed by atoms with Gasteiger partial charge in [0.25, 0.3) is 11.6 Å². The molecule has 82 valence electrons. The Balaban J connectivity index is 0.00000225. The molecule has 0 radical (unpaired) electrons. The Hall–Kier alpha value is -2.03. The summed E-state index contributed by atoms with van der Waals surface area (Å²) in [6, 6.07) is 0.541. The van der Waals surface area contributed by atoms with Gasteiger partial charge < -0.3 is 16.7 Å². The van der Waals surface area contributed by atoms with Gasteiger partial charge >= 0.3 is 11.4 Å². The Morgan fingerprint density at radius 3 is 1.62 bits per heavy atom. The number of rotatable bonds is 2. The van der Waals surface area contributed by atoms with Crippen molar-refractivity contribution in [2.75, 3.05) is 11.5 Å². The van der Waals surface area contributed by atoms with Crippen LogP contribution in [0.25, 0.3) is 0 Å². The Labute approximate surface area is 100 Å². The molecule has 0 saturated carbocycles. The predicted octanol–water partition coefficient (Wildman–Crippen LogP) is -0.702. The second kappa shape index (κ2) is 4.66. The monoisotopic (exact) mass is 279 g/mol. The smallest absolute Gasteiger partial charge is 0.348 e. The molecule has 0 aromatic carbocycles. The van der Waals surface area contributed by atoms with Gasteiger partial charge in [-0.25, -0.2) is 4.73 Å². The van der Waals surface area contributed by atoms with Crippen LogP contribution in [0.5, 0.6) is 0 Å². The standard InChI is InChI=1S/C5H5N5O5.Zn/c6-4-2(9(12)13)1-3(10(14)15)5(7)8(4)11;/h1H,6-7H2;. The van der Waals surface area contributed by atoms with E-state index in [9.17, 15) is 25.4 Å². The summed E-state index contributed by atoms with van der Waals surface area (Å²) in [4.78, 5) is 18.7. The summed E-state index contributed by atoms with van der Waals surface area (Å²) in [5, 5.41) is 31.8. The third-order valence-corrected chi connectivity index (χ3v) is 1.63. The molecule has 0 aliphatic rings. The molecule has 11 heteroatoms. The number of anilines is 2. The summed E-state index contributed by atoms with van der Waals surface area (Å²) in [6.07, 6.45) is 0. The van der Waals surface area contributed by atoms with Crippen LogP contribution in [0.4, 0.5) is 23.0 Å². The van der Waals surface area contributed by atoms with Gasteiger partial charge in [-0.05, 0) is 0 Å². The van der Waals surface area contributed by atoms with Gasteiger partial charge in [-0.1, -0.05) is 0 Å². The maximum atomic E-state index is 11.1. The molecule has 0 unspecified atom stereocenters. The van der Waals surface area contributed by atoms with E-state index >= 15 is 0 Å². The molecule has 1 heterocycles. The Morgan fingerprint density at radius 1 is 1.06 bits per heavy atom. The average molecular weight is 281 g/mol. The molecular weight excluding hydrogens is 275 g/mol. The van der Waals surface area contributed by atoms with Gasteiger partial charge in [0, 0.05) is 19.5 Å². The Bertz CT molecular complexity index is 425. The van der Waals surface area contributed by atoms with E-state index in [1.807, 2.05) is 0 Å². The second-order valence-electron chi connectivity index (χ2n) is 2.49. The molecule has 0 spiro atoms. The number of nitrogen functional groups attached to an aromatic ring is 2. The Morgan fingerprint density at radius 2 is 1.38 bits per heavy atom. The molecule has 0 atom stereocenters. The van der Waals surface area contributed by atoms with Crippen molar-refractivity contribution in [3.63, 3.8) is 0 Å². The van der Waals surface area contributed by atoms with E-state index < -0.39 is 32.9 Å². The summed E-state index contributed by atoms with van der Waals surface area (Å²) in [6.45, 7) is 0. The topological polar surface area (TPSA) is 165 Å². The van der Waals surface area contributed by atoms with Crippen molar-refractivity contribution in [3.05, 3.63) is 31.5 Å². The zero-order chi connectivity index (χ0) is 11.7. The first kappa shape index (κ1) is 14.0. The zero-order valence-corrected chi connectivity index (χ0v) is 10.8. The number of hydrogen-bond acceptors (Lipinski definition) is 7. The van der Waals surface area contributed by atoms with Crippen LogP contribution in [-0.2, 0) is 19.5 Å². The fraction of sp³-hybridized carbons (Fsp3) is 0. The summed E-state index contributed by atoms with van der Waals surface area (Å²) >= 11 is 0. The van der Waals surface area contributed by atoms with Crippen molar-refractivity contribution in [1.29, 1.82) is 0 Å². The van der Waals surface area contributed by atoms with Gasteiger partial charge in [-0.15, -0.1) is 0 Å². The van der Waals surface area contributed by atoms with Crippen molar-refractivity contribution in [2.24, 2.45) is 0 Å². The van der Waals surface area contributed by atoms with E-state index in [2.05, 4.69) is 0 Å². The number of aromatic nitrogens is 1. The van der Waals surface area contributed by atoms with Crippen LogP contribution in [0.15, 0.2) is 6.07 Å². The van der Waals surface area contributed by atoms with Crippen LogP contribution in [0.1, 0.15) is 0 Å². The van der Waals surface area contributed by atoms with Crippen LogP contribution < -0.4 is 16.2 Å². The summed E-state index contributed by atoms with van der Waals surface area (Å²) in [5.41, 5.74) is 8.41. The molecule has 0 fully saturated rings. The zero-order valence-electron chi connectivity index (χ0n) is 7.82. The van der Waals surface area contributed by atoms with Crippen molar-refractivity contribution < 1.29 is 34.1 Å². The van der Waals surface area contributed by atoms with Crippen LogP contribution >= 0.6 is 0 Å². The molecule has 0 amide bonds. The molecule has 1 rings (SSSR count). The van der Waals surface area contributed by atoms with E-state index in [1.54, 1.807) is 0 Å². The second-order valence-corrected chi connectivity index (χ2v) is 2.49. The van der Waals surface area contributed by atoms with Gasteiger partial charge in [0.05, 0.1) is 9.85 Å². The van der Waals surface area contributed by atoms with E-state index in [0.717, 1.165) is 0 Å². The first-order chi connectivity index (χ1) is 6.86. The maximum absolute atomic E-state index is 11.1. The van der Waals surface area contributed by atoms with Gasteiger partial charge in [0.1, 0.15) is 6.07 Å². The fourth-order valence-electron chi connectivity index (χ4n) is 0.908. The third kappa shape index (κ3) is 2.14. The van der Waals surface area contributed by atoms with E-state index in [0.29, 0.717) is 6.07 Å². The van der Waals surface area contributed by atoms with E-state index in [-0.39, 0.29) is 24.2 Å². The number of nitrogens with zero attached hydrogens (tertiary/aromatic N) is 3. The number of pyridine rings is 1. The molecule has 1 aromatic rings. The van der Waals surface area contributed by atoms with Gasteiger partial charge in [0.15, 0.2) is 0 Å². The maximum Gasteiger partial charge on any atom is 0.348 e. The normalized spacial score (nSPS) is 9.25. The molecule has 0 saturated heterocycles. The molecule has 1 aromatic heterocycles. The number of nitrogens with two attached hydrogens (primary N) is 2. The fourth-order valence-corrected chi connectivity index (χ4v) is 0.908. The van der Waals surface area contributed by atoms with Gasteiger partial charge in [0.2, 0.25) is 0 Å². The first-order valence-corrected chi connectivity index (χ1v) is 3.46. The van der Waals surface area contributed by atoms with Crippen LogP contribution in [0, 0.1) is 25.4 Å². The van der Waals surface area contributed by atoms with E-state index in [1.165, 1.54) is 0 Å². The minimum atomic E-state index is -1.00. The Kier molecular flexibility index (Phi) is 4.07. The minimum absolute atomic E-state index is 0. The summed E-state index contributed by atoms with van der Waals surface area (Å²) in [5.74, 6) is -1.58.